The van der Waals surface area contributed by atoms with E-state index in [1.807, 2.05) is 0 Å². The normalized spacial score (nSPS) is 21.6. The first-order valence-electron chi connectivity index (χ1n) is 4.77. The molecule has 0 spiro atoms. The Morgan fingerprint density at radius 1 is 1.41 bits per heavy atom. The van der Waals surface area contributed by atoms with Gasteiger partial charge in [-0.15, -0.1) is 0 Å². The zero-order valence-electron chi connectivity index (χ0n) is 8.63. The molecule has 0 bridgehead atoms. The molecule has 1 aliphatic rings. The maximum Gasteiger partial charge on any atom is 0.323 e. The summed E-state index contributed by atoms with van der Waals surface area (Å²) in [5, 5.41) is 9.38. The van der Waals surface area contributed by atoms with Gasteiger partial charge in [0, 0.05) is 10.7 Å². The summed E-state index contributed by atoms with van der Waals surface area (Å²) in [6, 6.07) is 6.96. The predicted octanol–water partition coefficient (Wildman–Crippen LogP) is 2.41. The molecule has 0 amide bonds. The predicted molar refractivity (Wildman–Crippen MR) is 69.8 cm³/mol. The van der Waals surface area contributed by atoms with Gasteiger partial charge in [-0.3, -0.25) is 4.79 Å². The second-order valence-corrected chi connectivity index (χ2v) is 4.97. The molecule has 88 valence electrons. The van der Waals surface area contributed by atoms with Crippen LogP contribution < -0.4 is 5.73 Å². The Hall–Kier alpha value is -1.46. The lowest BCUT2D eigenvalue weighted by Gasteiger charge is -2.02. The molecule has 0 aliphatic carbocycles. The number of aliphatic imine (C=N–C) groups is 1. The topological polar surface area (TPSA) is 75.7 Å². The van der Waals surface area contributed by atoms with Gasteiger partial charge in [-0.05, 0) is 30.3 Å². The molecule has 4 nitrogen and oxygen atoms in total. The van der Waals surface area contributed by atoms with E-state index in [2.05, 4.69) is 4.99 Å². The van der Waals surface area contributed by atoms with Crippen LogP contribution in [0.5, 0.6) is 0 Å². The number of nitrogens with zero attached hydrogens (tertiary/aromatic N) is 1. The molecule has 0 saturated heterocycles. The van der Waals surface area contributed by atoms with Crippen molar-refractivity contribution < 1.29 is 9.90 Å². The number of carboxylic acids is 1. The fourth-order valence-electron chi connectivity index (χ4n) is 1.34. The summed E-state index contributed by atoms with van der Waals surface area (Å²) >= 11 is 6.88. The van der Waals surface area contributed by atoms with Crippen molar-refractivity contribution in [3.8, 4) is 0 Å². The monoisotopic (exact) mass is 268 g/mol. The number of hydrogen-bond donors (Lipinski definition) is 2. The summed E-state index contributed by atoms with van der Waals surface area (Å²) in [4.78, 5) is 15.1. The molecular weight excluding hydrogens is 260 g/mol. The molecule has 1 heterocycles. The summed E-state index contributed by atoms with van der Waals surface area (Å²) in [6.45, 7) is 0. The number of hydrogen-bond acceptors (Lipinski definition) is 4. The van der Waals surface area contributed by atoms with Gasteiger partial charge in [0.15, 0.2) is 0 Å². The lowest BCUT2D eigenvalue weighted by atomic mass is 10.3. The van der Waals surface area contributed by atoms with E-state index in [9.17, 15) is 4.79 Å². The van der Waals surface area contributed by atoms with Gasteiger partial charge in [0.25, 0.3) is 0 Å². The van der Waals surface area contributed by atoms with E-state index in [1.165, 1.54) is 0 Å². The quantitative estimate of drug-likeness (QED) is 0.864. The van der Waals surface area contributed by atoms with Gasteiger partial charge >= 0.3 is 5.97 Å². The molecule has 0 fully saturated rings. The Labute approximate surface area is 107 Å². The van der Waals surface area contributed by atoms with Gasteiger partial charge in [-0.2, -0.15) is 0 Å². The summed E-state index contributed by atoms with van der Waals surface area (Å²) < 4.78 is 0. The highest BCUT2D eigenvalue weighted by molar-refractivity contribution is 8.16. The van der Waals surface area contributed by atoms with Crippen molar-refractivity contribution >= 4 is 40.1 Å². The molecular formula is C11H9ClN2O2S. The Morgan fingerprint density at radius 3 is 2.59 bits per heavy atom. The number of carbonyl (C=O) groups is 1. The van der Waals surface area contributed by atoms with Crippen molar-refractivity contribution in [3.05, 3.63) is 41.1 Å². The van der Waals surface area contributed by atoms with Crippen LogP contribution in [0, 0.1) is 0 Å². The van der Waals surface area contributed by atoms with Crippen molar-refractivity contribution in [1.82, 2.24) is 0 Å². The van der Waals surface area contributed by atoms with E-state index in [4.69, 9.17) is 22.4 Å². The molecule has 6 heteroatoms. The Morgan fingerprint density at radius 2 is 2.06 bits per heavy atom. The number of nitrogens with two attached hydrogens (primary N) is 1. The summed E-state index contributed by atoms with van der Waals surface area (Å²) in [6.07, 6.45) is 1.58. The number of carboxylic acid groups (broad SMARTS) is 1. The molecule has 0 aromatic heterocycles. The van der Waals surface area contributed by atoms with Crippen LogP contribution in [0.1, 0.15) is 0 Å². The molecule has 17 heavy (non-hydrogen) atoms. The first-order valence-corrected chi connectivity index (χ1v) is 6.03. The Balaban J connectivity index is 2.20. The first kappa shape index (κ1) is 12.0. The smallest absolute Gasteiger partial charge is 0.323 e. The third-order valence-corrected chi connectivity index (χ3v) is 3.53. The first-order chi connectivity index (χ1) is 8.06. The fourth-order valence-corrected chi connectivity index (χ4v) is 2.37. The van der Waals surface area contributed by atoms with E-state index in [1.54, 1.807) is 30.3 Å². The summed E-state index contributed by atoms with van der Waals surface area (Å²) in [7, 11) is 0. The van der Waals surface area contributed by atoms with Gasteiger partial charge in [0.1, 0.15) is 5.25 Å². The maximum atomic E-state index is 10.8. The number of halogens is 1. The van der Waals surface area contributed by atoms with Crippen LogP contribution in [0.15, 0.2) is 41.0 Å². The van der Waals surface area contributed by atoms with E-state index < -0.39 is 11.2 Å². The van der Waals surface area contributed by atoms with Gasteiger partial charge in [0.05, 0.1) is 10.7 Å². The van der Waals surface area contributed by atoms with Crippen LogP contribution in [-0.2, 0) is 4.79 Å². The van der Waals surface area contributed by atoms with Crippen LogP contribution in [0.2, 0.25) is 5.02 Å². The van der Waals surface area contributed by atoms with Crippen LogP contribution in [0.3, 0.4) is 0 Å². The summed E-state index contributed by atoms with van der Waals surface area (Å²) in [5.74, 6) is -0.954. The highest BCUT2D eigenvalue weighted by atomic mass is 35.5. The van der Waals surface area contributed by atoms with E-state index in [0.29, 0.717) is 21.5 Å². The zero-order chi connectivity index (χ0) is 12.4. The number of aliphatic carboxylic acids is 1. The molecule has 3 N–H and O–H groups in total. The number of benzene rings is 1. The Bertz CT molecular complexity index is 511. The molecule has 1 aromatic carbocycles. The average Bonchev–Trinajstić information content (AvgIpc) is 2.63. The van der Waals surface area contributed by atoms with Crippen molar-refractivity contribution in [2.45, 2.75) is 5.25 Å². The minimum atomic E-state index is -0.954. The molecule has 2 rings (SSSR count). The average molecular weight is 269 g/mol. The highest BCUT2D eigenvalue weighted by Gasteiger charge is 2.28. The maximum absolute atomic E-state index is 10.8. The van der Waals surface area contributed by atoms with Crippen molar-refractivity contribution in [3.63, 3.8) is 0 Å². The van der Waals surface area contributed by atoms with Crippen LogP contribution in [0.25, 0.3) is 0 Å². The van der Waals surface area contributed by atoms with Gasteiger partial charge in [0.2, 0.25) is 0 Å². The molecule has 1 atom stereocenters. The molecule has 0 saturated carbocycles. The number of thioether (sulfide) groups is 1. The van der Waals surface area contributed by atoms with Crippen molar-refractivity contribution in [1.29, 1.82) is 0 Å². The molecule has 0 radical (unpaired) electrons. The van der Waals surface area contributed by atoms with E-state index in [0.717, 1.165) is 11.8 Å². The lowest BCUT2D eigenvalue weighted by molar-refractivity contribution is -0.135. The third-order valence-electron chi connectivity index (χ3n) is 2.12. The number of rotatable bonds is 2. The molecule has 1 aromatic rings. The lowest BCUT2D eigenvalue weighted by Crippen LogP contribution is -2.20. The minimum absolute atomic E-state index is 0.315. The molecule has 1 unspecified atom stereocenters. The Kier molecular flexibility index (Phi) is 3.40. The second-order valence-electron chi connectivity index (χ2n) is 3.41. The summed E-state index contributed by atoms with van der Waals surface area (Å²) in [5.41, 5.74) is 6.64. The van der Waals surface area contributed by atoms with E-state index >= 15 is 0 Å². The van der Waals surface area contributed by atoms with Crippen molar-refractivity contribution in [2.75, 3.05) is 0 Å². The SMILES string of the molecule is NC1=CC(=Nc2ccc(Cl)cc2)SC1C(=O)O. The minimum Gasteiger partial charge on any atom is -0.480 e. The van der Waals surface area contributed by atoms with Crippen LogP contribution >= 0.6 is 23.4 Å². The molecule has 1 aliphatic heterocycles. The highest BCUT2D eigenvalue weighted by Crippen LogP contribution is 2.29. The van der Waals surface area contributed by atoms with Crippen molar-refractivity contribution in [2.24, 2.45) is 10.7 Å². The van der Waals surface area contributed by atoms with Gasteiger partial charge < -0.3 is 10.8 Å². The second kappa shape index (κ2) is 4.81. The standard InChI is InChI=1S/C11H9ClN2O2S/c12-6-1-3-7(4-2-6)14-9-5-8(13)10(17-9)11(15)16/h1-5,10H,13H2,(H,15,16). The van der Waals surface area contributed by atoms with E-state index in [-0.39, 0.29) is 0 Å². The zero-order valence-corrected chi connectivity index (χ0v) is 10.2. The largest absolute Gasteiger partial charge is 0.480 e. The fraction of sp³-hybridized carbons (Fsp3) is 0.0909. The van der Waals surface area contributed by atoms with Crippen LogP contribution in [0.4, 0.5) is 5.69 Å². The van der Waals surface area contributed by atoms with Crippen LogP contribution in [-0.4, -0.2) is 21.4 Å². The van der Waals surface area contributed by atoms with Gasteiger partial charge in [-0.25, -0.2) is 4.99 Å². The van der Waals surface area contributed by atoms with Gasteiger partial charge in [-0.1, -0.05) is 23.4 Å². The third kappa shape index (κ3) is 2.81.